The molecule has 0 saturated carbocycles. The number of ether oxygens (including phenoxy) is 1. The van der Waals surface area contributed by atoms with Crippen LogP contribution in [-0.2, 0) is 21.2 Å². The molecule has 0 atom stereocenters. The van der Waals surface area contributed by atoms with Crippen molar-refractivity contribution >= 4 is 21.6 Å². The number of methoxy groups -OCH3 is 1. The lowest BCUT2D eigenvalue weighted by molar-refractivity contribution is -0.123. The molecule has 7 heteroatoms. The van der Waals surface area contributed by atoms with Gasteiger partial charge in [-0.25, -0.2) is 8.42 Å². The first kappa shape index (κ1) is 19.9. The van der Waals surface area contributed by atoms with Crippen LogP contribution in [0.5, 0.6) is 5.75 Å². The van der Waals surface area contributed by atoms with E-state index in [0.29, 0.717) is 37.4 Å². The summed E-state index contributed by atoms with van der Waals surface area (Å²) in [6, 6.07) is 14.3. The highest BCUT2D eigenvalue weighted by Crippen LogP contribution is 2.33. The molecule has 2 aromatic rings. The normalized spacial score (nSPS) is 18.3. The van der Waals surface area contributed by atoms with Gasteiger partial charge in [-0.3, -0.25) is 4.79 Å². The molecule has 0 aromatic heterocycles. The Labute approximate surface area is 172 Å². The number of rotatable bonds is 4. The molecule has 0 aliphatic carbocycles. The number of amides is 1. The Kier molecular flexibility index (Phi) is 5.61. The first-order valence-electron chi connectivity index (χ1n) is 10.0. The molecule has 2 aliphatic rings. The summed E-state index contributed by atoms with van der Waals surface area (Å²) in [4.78, 5) is 15.4. The zero-order chi connectivity index (χ0) is 20.4. The summed E-state index contributed by atoms with van der Waals surface area (Å²) in [5.41, 5.74) is 2.09. The molecule has 2 aromatic carbocycles. The van der Waals surface area contributed by atoms with Gasteiger partial charge in [-0.1, -0.05) is 18.2 Å². The third kappa shape index (κ3) is 3.89. The molecular formula is C22H26N2O4S. The molecule has 1 saturated heterocycles. The number of sulfonamides is 1. The monoisotopic (exact) mass is 414 g/mol. The zero-order valence-electron chi connectivity index (χ0n) is 16.6. The Morgan fingerprint density at radius 1 is 1.03 bits per heavy atom. The van der Waals surface area contributed by atoms with Crippen LogP contribution in [-0.4, -0.2) is 45.4 Å². The topological polar surface area (TPSA) is 66.9 Å². The number of aryl methyl sites for hydroxylation is 1. The van der Waals surface area contributed by atoms with E-state index in [2.05, 4.69) is 0 Å². The first-order chi connectivity index (χ1) is 14.0. The van der Waals surface area contributed by atoms with Crippen molar-refractivity contribution in [3.05, 3.63) is 54.1 Å². The maximum Gasteiger partial charge on any atom is 0.243 e. The van der Waals surface area contributed by atoms with Crippen LogP contribution in [0.3, 0.4) is 0 Å². The van der Waals surface area contributed by atoms with Crippen LogP contribution in [0.2, 0.25) is 0 Å². The van der Waals surface area contributed by atoms with Gasteiger partial charge in [-0.05, 0) is 61.6 Å². The summed E-state index contributed by atoms with van der Waals surface area (Å²) >= 11 is 0. The maximum absolute atomic E-state index is 13.2. The van der Waals surface area contributed by atoms with Crippen LogP contribution < -0.4 is 9.64 Å². The average molecular weight is 415 g/mol. The summed E-state index contributed by atoms with van der Waals surface area (Å²) in [6.45, 7) is 1.45. The van der Waals surface area contributed by atoms with Crippen LogP contribution in [0.15, 0.2) is 53.4 Å². The Morgan fingerprint density at radius 2 is 1.76 bits per heavy atom. The van der Waals surface area contributed by atoms with Crippen molar-refractivity contribution in [2.24, 2.45) is 5.92 Å². The lowest BCUT2D eigenvalue weighted by Crippen LogP contribution is -2.45. The van der Waals surface area contributed by atoms with Crippen LogP contribution >= 0.6 is 0 Å². The second-order valence-corrected chi connectivity index (χ2v) is 9.52. The van der Waals surface area contributed by atoms with Gasteiger partial charge in [0.15, 0.2) is 0 Å². The van der Waals surface area contributed by atoms with E-state index in [9.17, 15) is 13.2 Å². The smallest absolute Gasteiger partial charge is 0.243 e. The van der Waals surface area contributed by atoms with Gasteiger partial charge in [0.25, 0.3) is 0 Å². The van der Waals surface area contributed by atoms with Crippen molar-refractivity contribution in [2.45, 2.75) is 30.6 Å². The van der Waals surface area contributed by atoms with Crippen LogP contribution in [0, 0.1) is 5.92 Å². The standard InChI is InChI=1S/C22H26N2O4S/c1-28-19-9-10-21-18(16-19)6-5-13-24(21)22(25)17-11-14-23(15-12-17)29(26,27)20-7-3-2-4-8-20/h2-4,7-10,16-17H,5-6,11-15H2,1H3. The summed E-state index contributed by atoms with van der Waals surface area (Å²) in [7, 11) is -1.85. The molecule has 0 N–H and O–H groups in total. The van der Waals surface area contributed by atoms with E-state index in [0.717, 1.165) is 29.8 Å². The number of carbonyl (C=O) groups is 1. The molecule has 1 fully saturated rings. The summed E-state index contributed by atoms with van der Waals surface area (Å²) in [6.07, 6.45) is 2.96. The van der Waals surface area contributed by atoms with E-state index in [4.69, 9.17) is 4.74 Å². The second-order valence-electron chi connectivity index (χ2n) is 7.58. The first-order valence-corrected chi connectivity index (χ1v) is 11.5. The molecule has 0 radical (unpaired) electrons. The van der Waals surface area contributed by atoms with Gasteiger partial charge in [0.2, 0.25) is 15.9 Å². The molecule has 6 nitrogen and oxygen atoms in total. The summed E-state index contributed by atoms with van der Waals surface area (Å²) in [5.74, 6) is 0.760. The molecule has 2 heterocycles. The van der Waals surface area contributed by atoms with E-state index in [1.165, 1.54) is 4.31 Å². The predicted octanol–water partition coefficient (Wildman–Crippen LogP) is 3.08. The largest absolute Gasteiger partial charge is 0.497 e. The molecule has 2 aliphatic heterocycles. The Morgan fingerprint density at radius 3 is 2.45 bits per heavy atom. The van der Waals surface area contributed by atoms with E-state index < -0.39 is 10.0 Å². The van der Waals surface area contributed by atoms with Gasteiger partial charge in [0, 0.05) is 31.2 Å². The minimum atomic E-state index is -3.50. The van der Waals surface area contributed by atoms with Crippen molar-refractivity contribution in [3.63, 3.8) is 0 Å². The van der Waals surface area contributed by atoms with Gasteiger partial charge in [-0.15, -0.1) is 0 Å². The number of fused-ring (bicyclic) bond motifs is 1. The van der Waals surface area contributed by atoms with E-state index >= 15 is 0 Å². The highest BCUT2D eigenvalue weighted by Gasteiger charge is 2.35. The van der Waals surface area contributed by atoms with Crippen molar-refractivity contribution in [2.75, 3.05) is 31.6 Å². The van der Waals surface area contributed by atoms with Crippen LogP contribution in [0.4, 0.5) is 5.69 Å². The zero-order valence-corrected chi connectivity index (χ0v) is 17.4. The number of benzene rings is 2. The molecule has 0 bridgehead atoms. The number of piperidine rings is 1. The fourth-order valence-corrected chi connectivity index (χ4v) is 5.73. The number of anilines is 1. The number of nitrogens with zero attached hydrogens (tertiary/aromatic N) is 2. The second kappa shape index (κ2) is 8.16. The minimum Gasteiger partial charge on any atom is -0.497 e. The van der Waals surface area contributed by atoms with E-state index in [-0.39, 0.29) is 11.8 Å². The fraction of sp³-hybridized carbons (Fsp3) is 0.409. The van der Waals surface area contributed by atoms with Gasteiger partial charge in [0.05, 0.1) is 12.0 Å². The SMILES string of the molecule is COc1ccc2c(c1)CCCN2C(=O)C1CCN(S(=O)(=O)c2ccccc2)CC1. The van der Waals surface area contributed by atoms with E-state index in [1.807, 2.05) is 23.1 Å². The molecule has 0 spiro atoms. The highest BCUT2D eigenvalue weighted by molar-refractivity contribution is 7.89. The maximum atomic E-state index is 13.2. The van der Waals surface area contributed by atoms with Crippen molar-refractivity contribution in [3.8, 4) is 5.75 Å². The number of hydrogen-bond acceptors (Lipinski definition) is 4. The number of carbonyl (C=O) groups excluding carboxylic acids is 1. The molecule has 1 amide bonds. The van der Waals surface area contributed by atoms with E-state index in [1.54, 1.807) is 37.4 Å². The predicted molar refractivity (Wildman–Crippen MR) is 112 cm³/mol. The lowest BCUT2D eigenvalue weighted by Gasteiger charge is -2.36. The Hall–Kier alpha value is -2.38. The summed E-state index contributed by atoms with van der Waals surface area (Å²) < 4.78 is 32.4. The fourth-order valence-electron chi connectivity index (χ4n) is 4.23. The van der Waals surface area contributed by atoms with Crippen molar-refractivity contribution in [1.82, 2.24) is 4.31 Å². The van der Waals surface area contributed by atoms with Crippen molar-refractivity contribution < 1.29 is 17.9 Å². The minimum absolute atomic E-state index is 0.105. The van der Waals surface area contributed by atoms with Gasteiger partial charge in [0.1, 0.15) is 5.75 Å². The summed E-state index contributed by atoms with van der Waals surface area (Å²) in [5, 5.41) is 0. The molecule has 154 valence electrons. The Bertz CT molecular complexity index is 983. The van der Waals surface area contributed by atoms with Crippen LogP contribution in [0.1, 0.15) is 24.8 Å². The number of hydrogen-bond donors (Lipinski definition) is 0. The van der Waals surface area contributed by atoms with Gasteiger partial charge < -0.3 is 9.64 Å². The molecule has 29 heavy (non-hydrogen) atoms. The Balaban J connectivity index is 1.45. The van der Waals surface area contributed by atoms with Gasteiger partial charge >= 0.3 is 0 Å². The molecule has 0 unspecified atom stereocenters. The quantitative estimate of drug-likeness (QED) is 0.771. The molecule has 4 rings (SSSR count). The molecular weight excluding hydrogens is 388 g/mol. The lowest BCUT2D eigenvalue weighted by atomic mass is 9.94. The van der Waals surface area contributed by atoms with Gasteiger partial charge in [-0.2, -0.15) is 4.31 Å². The highest BCUT2D eigenvalue weighted by atomic mass is 32.2. The van der Waals surface area contributed by atoms with Crippen molar-refractivity contribution in [1.29, 1.82) is 0 Å². The van der Waals surface area contributed by atoms with Crippen LogP contribution in [0.25, 0.3) is 0 Å². The average Bonchev–Trinajstić information content (AvgIpc) is 2.78. The third-order valence-electron chi connectivity index (χ3n) is 5.86. The third-order valence-corrected chi connectivity index (χ3v) is 7.77.